The highest BCUT2D eigenvalue weighted by Crippen LogP contribution is 2.53. The molecule has 72 valence electrons. The van der Waals surface area contributed by atoms with Crippen LogP contribution in [-0.4, -0.2) is 14.2 Å². The normalized spacial score (nSPS) is 10.2. The van der Waals surface area contributed by atoms with Gasteiger partial charge in [0.2, 0.25) is 0 Å². The summed E-state index contributed by atoms with van der Waals surface area (Å²) in [5, 5.41) is 0.614. The number of rotatable bonds is 3. The minimum Gasteiger partial charge on any atom is -0.497 e. The van der Waals surface area contributed by atoms with Crippen molar-refractivity contribution in [1.82, 2.24) is 0 Å². The van der Waals surface area contributed by atoms with Crippen molar-refractivity contribution >= 4 is 41.6 Å². The van der Waals surface area contributed by atoms with Gasteiger partial charge in [0.05, 0.1) is 19.5 Å². The average molecular weight is 328 g/mol. The molecule has 0 aliphatic heterocycles. The molecule has 0 bridgehead atoms. The Labute approximate surface area is 94.8 Å². The van der Waals surface area contributed by atoms with E-state index in [0.29, 0.717) is 0 Å². The van der Waals surface area contributed by atoms with Gasteiger partial charge in [-0.05, 0) is 43.1 Å². The smallest absolute Gasteiger partial charge is 0.131 e. The van der Waals surface area contributed by atoms with Gasteiger partial charge in [-0.3, -0.25) is 0 Å². The molecular formula is C8H9Br2O2P. The predicted molar refractivity (Wildman–Crippen MR) is 64.0 cm³/mol. The third-order valence-corrected chi connectivity index (χ3v) is 4.60. The second-order valence-corrected chi connectivity index (χ2v) is 10.3. The molecule has 0 amide bonds. The van der Waals surface area contributed by atoms with E-state index in [4.69, 9.17) is 9.47 Å². The third kappa shape index (κ3) is 2.83. The zero-order chi connectivity index (χ0) is 9.84. The number of hydrogen-bond donors (Lipinski definition) is 0. The first-order valence-electron chi connectivity index (χ1n) is 3.52. The molecule has 0 aliphatic rings. The first-order chi connectivity index (χ1) is 6.19. The van der Waals surface area contributed by atoms with E-state index in [1.807, 2.05) is 18.2 Å². The van der Waals surface area contributed by atoms with E-state index in [-0.39, 0.29) is 0 Å². The summed E-state index contributed by atoms with van der Waals surface area (Å²) in [6.07, 6.45) is 0. The van der Waals surface area contributed by atoms with E-state index in [1.165, 1.54) is 0 Å². The zero-order valence-electron chi connectivity index (χ0n) is 7.25. The van der Waals surface area contributed by atoms with Crippen LogP contribution >= 0.6 is 36.3 Å². The molecule has 0 spiro atoms. The third-order valence-electron chi connectivity index (χ3n) is 1.57. The lowest BCUT2D eigenvalue weighted by Gasteiger charge is -2.10. The lowest BCUT2D eigenvalue weighted by atomic mass is 10.3. The molecule has 0 aromatic heterocycles. The van der Waals surface area contributed by atoms with E-state index in [1.54, 1.807) is 14.2 Å². The van der Waals surface area contributed by atoms with Crippen LogP contribution in [0.1, 0.15) is 0 Å². The Balaban J connectivity index is 3.08. The van der Waals surface area contributed by atoms with Gasteiger partial charge in [-0.25, -0.2) is 0 Å². The van der Waals surface area contributed by atoms with Crippen LogP contribution in [0.4, 0.5) is 0 Å². The standard InChI is InChI=1S/C8H9Br2O2P/c1-11-6-3-4-8(13(9)10)7(5-6)12-2/h3-5H,1-2H3. The van der Waals surface area contributed by atoms with Gasteiger partial charge in [0, 0.05) is 11.4 Å². The molecule has 1 aromatic carbocycles. The van der Waals surface area contributed by atoms with Crippen LogP contribution in [-0.2, 0) is 0 Å². The van der Waals surface area contributed by atoms with Gasteiger partial charge in [-0.2, -0.15) is 0 Å². The molecule has 2 nitrogen and oxygen atoms in total. The summed E-state index contributed by atoms with van der Waals surface area (Å²) >= 11 is 6.96. The summed E-state index contributed by atoms with van der Waals surface area (Å²) in [6.45, 7) is 0. The summed E-state index contributed by atoms with van der Waals surface area (Å²) in [5.41, 5.74) is 0. The minimum atomic E-state index is -0.495. The van der Waals surface area contributed by atoms with Crippen LogP contribution in [0, 0.1) is 0 Å². The Bertz CT molecular complexity index is 291. The van der Waals surface area contributed by atoms with Gasteiger partial charge in [-0.1, -0.05) is 0 Å². The van der Waals surface area contributed by atoms with Crippen molar-refractivity contribution in [2.24, 2.45) is 0 Å². The number of halogens is 2. The zero-order valence-corrected chi connectivity index (χ0v) is 11.3. The van der Waals surface area contributed by atoms with E-state index >= 15 is 0 Å². The molecule has 1 rings (SSSR count). The maximum atomic E-state index is 5.23. The molecule has 5 heteroatoms. The average Bonchev–Trinajstić information content (AvgIpc) is 2.16. The van der Waals surface area contributed by atoms with Crippen molar-refractivity contribution in [1.29, 1.82) is 0 Å². The highest BCUT2D eigenvalue weighted by atomic mass is 79.9. The van der Waals surface area contributed by atoms with Crippen molar-refractivity contribution in [2.75, 3.05) is 14.2 Å². The Morgan fingerprint density at radius 2 is 1.85 bits per heavy atom. The van der Waals surface area contributed by atoms with Crippen LogP contribution in [0.2, 0.25) is 0 Å². The van der Waals surface area contributed by atoms with E-state index < -0.39 is 5.33 Å². The van der Waals surface area contributed by atoms with Crippen LogP contribution in [0.5, 0.6) is 11.5 Å². The van der Waals surface area contributed by atoms with Gasteiger partial charge in [-0.15, -0.1) is 0 Å². The predicted octanol–water partition coefficient (Wildman–Crippen LogP) is 3.43. The second kappa shape index (κ2) is 5.18. The van der Waals surface area contributed by atoms with Crippen LogP contribution in [0.3, 0.4) is 0 Å². The lowest BCUT2D eigenvalue weighted by Crippen LogP contribution is -2.01. The molecule has 0 saturated heterocycles. The molecule has 0 unspecified atom stereocenters. The summed E-state index contributed by atoms with van der Waals surface area (Å²) < 4.78 is 10.3. The number of methoxy groups -OCH3 is 2. The molecule has 0 fully saturated rings. The summed E-state index contributed by atoms with van der Waals surface area (Å²) in [4.78, 5) is 0. The largest absolute Gasteiger partial charge is 0.497 e. The Kier molecular flexibility index (Phi) is 4.50. The lowest BCUT2D eigenvalue weighted by molar-refractivity contribution is 0.396. The monoisotopic (exact) mass is 326 g/mol. The van der Waals surface area contributed by atoms with Crippen LogP contribution in [0.25, 0.3) is 0 Å². The Morgan fingerprint density at radius 1 is 1.15 bits per heavy atom. The minimum absolute atomic E-state index is 0.495. The highest BCUT2D eigenvalue weighted by Gasteiger charge is 2.10. The van der Waals surface area contributed by atoms with Crippen molar-refractivity contribution in [3.63, 3.8) is 0 Å². The summed E-state index contributed by atoms with van der Waals surface area (Å²) in [5.74, 6) is 1.64. The topological polar surface area (TPSA) is 18.5 Å². The molecular weight excluding hydrogens is 319 g/mol. The quantitative estimate of drug-likeness (QED) is 0.792. The molecule has 1 aromatic rings. The molecule has 0 radical (unpaired) electrons. The maximum absolute atomic E-state index is 5.23. The number of ether oxygens (including phenoxy) is 2. The Morgan fingerprint density at radius 3 is 2.31 bits per heavy atom. The number of hydrogen-bond acceptors (Lipinski definition) is 2. The SMILES string of the molecule is COc1ccc(P(Br)Br)c(OC)c1. The fraction of sp³-hybridized carbons (Fsp3) is 0.250. The van der Waals surface area contributed by atoms with E-state index in [2.05, 4.69) is 31.0 Å². The molecule has 0 atom stereocenters. The van der Waals surface area contributed by atoms with Gasteiger partial charge >= 0.3 is 0 Å². The maximum Gasteiger partial charge on any atom is 0.131 e. The van der Waals surface area contributed by atoms with E-state index in [0.717, 1.165) is 16.8 Å². The van der Waals surface area contributed by atoms with Crippen molar-refractivity contribution < 1.29 is 9.47 Å². The Hall–Kier alpha value is 0.210. The van der Waals surface area contributed by atoms with Crippen LogP contribution < -0.4 is 14.8 Å². The molecule has 0 saturated carbocycles. The van der Waals surface area contributed by atoms with Gasteiger partial charge in [0.25, 0.3) is 0 Å². The van der Waals surface area contributed by atoms with Gasteiger partial charge in [0.1, 0.15) is 11.5 Å². The van der Waals surface area contributed by atoms with Crippen molar-refractivity contribution in [3.8, 4) is 11.5 Å². The van der Waals surface area contributed by atoms with Gasteiger partial charge in [0.15, 0.2) is 0 Å². The van der Waals surface area contributed by atoms with Crippen molar-refractivity contribution in [2.45, 2.75) is 0 Å². The first-order valence-corrected chi connectivity index (χ1v) is 8.90. The fourth-order valence-corrected chi connectivity index (χ4v) is 3.19. The first kappa shape index (κ1) is 11.3. The van der Waals surface area contributed by atoms with E-state index in [9.17, 15) is 0 Å². The van der Waals surface area contributed by atoms with Crippen molar-refractivity contribution in [3.05, 3.63) is 18.2 Å². The van der Waals surface area contributed by atoms with Crippen LogP contribution in [0.15, 0.2) is 18.2 Å². The number of benzene rings is 1. The molecule has 0 heterocycles. The molecule has 0 aliphatic carbocycles. The summed E-state index contributed by atoms with van der Waals surface area (Å²) in [6, 6.07) is 5.76. The van der Waals surface area contributed by atoms with Gasteiger partial charge < -0.3 is 9.47 Å². The molecule has 0 N–H and O–H groups in total. The highest BCUT2D eigenvalue weighted by molar-refractivity contribution is 9.70. The molecule has 13 heavy (non-hydrogen) atoms. The fourth-order valence-electron chi connectivity index (χ4n) is 0.925. The second-order valence-electron chi connectivity index (χ2n) is 2.27. The summed E-state index contributed by atoms with van der Waals surface area (Å²) in [7, 11) is 3.29.